The second-order valence-corrected chi connectivity index (χ2v) is 5.58. The highest BCUT2D eigenvalue weighted by atomic mass is 19.3. The van der Waals surface area contributed by atoms with Gasteiger partial charge >= 0.3 is 6.61 Å². The maximum absolute atomic E-state index is 12.1. The minimum Gasteiger partial charge on any atom is -0.435 e. The van der Waals surface area contributed by atoms with Crippen molar-refractivity contribution in [3.8, 4) is 5.75 Å². The Hall–Kier alpha value is -1.20. The summed E-state index contributed by atoms with van der Waals surface area (Å²) in [6.07, 6.45) is 4.40. The number of alkyl halides is 2. The maximum atomic E-state index is 12.1. The molecule has 5 heteroatoms. The Morgan fingerprint density at radius 2 is 1.81 bits per heavy atom. The van der Waals surface area contributed by atoms with Gasteiger partial charge in [-0.2, -0.15) is 8.78 Å². The SMILES string of the molecule is CCC(NC1CCC(O)CC1)c1ccc(OC(F)F)cc1. The second-order valence-electron chi connectivity index (χ2n) is 5.58. The summed E-state index contributed by atoms with van der Waals surface area (Å²) in [5.74, 6) is 0.185. The van der Waals surface area contributed by atoms with Crippen molar-refractivity contribution in [2.24, 2.45) is 0 Å². The summed E-state index contributed by atoms with van der Waals surface area (Å²) >= 11 is 0. The number of halogens is 2. The summed E-state index contributed by atoms with van der Waals surface area (Å²) in [6, 6.07) is 7.43. The van der Waals surface area contributed by atoms with Gasteiger partial charge in [-0.1, -0.05) is 19.1 Å². The lowest BCUT2D eigenvalue weighted by atomic mass is 9.91. The van der Waals surface area contributed by atoms with Gasteiger partial charge in [0.1, 0.15) is 5.75 Å². The Morgan fingerprint density at radius 3 is 2.33 bits per heavy atom. The van der Waals surface area contributed by atoms with E-state index < -0.39 is 6.61 Å². The van der Waals surface area contributed by atoms with Crippen LogP contribution < -0.4 is 10.1 Å². The molecule has 1 aromatic rings. The molecule has 0 radical (unpaired) electrons. The Balaban J connectivity index is 1.93. The van der Waals surface area contributed by atoms with Crippen LogP contribution in [-0.4, -0.2) is 23.9 Å². The second kappa shape index (κ2) is 7.71. The third kappa shape index (κ3) is 4.93. The molecule has 0 heterocycles. The van der Waals surface area contributed by atoms with Crippen LogP contribution in [0.15, 0.2) is 24.3 Å². The van der Waals surface area contributed by atoms with E-state index in [9.17, 15) is 13.9 Å². The van der Waals surface area contributed by atoms with Gasteiger partial charge in [-0.05, 0) is 49.8 Å². The van der Waals surface area contributed by atoms with E-state index in [2.05, 4.69) is 17.0 Å². The Labute approximate surface area is 124 Å². The average Bonchev–Trinajstić information content (AvgIpc) is 2.47. The van der Waals surface area contributed by atoms with Crippen molar-refractivity contribution in [3.63, 3.8) is 0 Å². The first kappa shape index (κ1) is 16.2. The zero-order valence-corrected chi connectivity index (χ0v) is 12.3. The number of ether oxygens (including phenoxy) is 1. The summed E-state index contributed by atoms with van der Waals surface area (Å²) < 4.78 is 28.6. The lowest BCUT2D eigenvalue weighted by Gasteiger charge is -2.30. The van der Waals surface area contributed by atoms with E-state index in [1.54, 1.807) is 12.1 Å². The predicted molar refractivity (Wildman–Crippen MR) is 77.5 cm³/mol. The van der Waals surface area contributed by atoms with E-state index in [0.717, 1.165) is 37.7 Å². The summed E-state index contributed by atoms with van der Waals surface area (Å²) in [5.41, 5.74) is 1.07. The number of rotatable bonds is 6. The number of aliphatic hydroxyl groups is 1. The summed E-state index contributed by atoms with van der Waals surface area (Å²) in [4.78, 5) is 0. The van der Waals surface area contributed by atoms with Crippen LogP contribution in [0.1, 0.15) is 50.6 Å². The summed E-state index contributed by atoms with van der Waals surface area (Å²) in [6.45, 7) is -0.691. The molecule has 118 valence electrons. The van der Waals surface area contributed by atoms with Gasteiger partial charge in [0.05, 0.1) is 6.10 Å². The van der Waals surface area contributed by atoms with Gasteiger partial charge in [-0.15, -0.1) is 0 Å². The van der Waals surface area contributed by atoms with E-state index in [1.165, 1.54) is 0 Å². The van der Waals surface area contributed by atoms with Crippen LogP contribution in [0.2, 0.25) is 0 Å². The number of benzene rings is 1. The monoisotopic (exact) mass is 299 g/mol. The molecule has 0 aliphatic heterocycles. The van der Waals surface area contributed by atoms with Crippen molar-refractivity contribution in [3.05, 3.63) is 29.8 Å². The van der Waals surface area contributed by atoms with Crippen molar-refractivity contribution < 1.29 is 18.6 Å². The molecule has 0 bridgehead atoms. The highest BCUT2D eigenvalue weighted by Crippen LogP contribution is 2.25. The molecule has 1 saturated carbocycles. The fourth-order valence-electron chi connectivity index (χ4n) is 2.86. The van der Waals surface area contributed by atoms with Gasteiger partial charge in [0.25, 0.3) is 0 Å². The lowest BCUT2D eigenvalue weighted by molar-refractivity contribution is -0.0498. The molecule has 1 fully saturated rings. The fourth-order valence-corrected chi connectivity index (χ4v) is 2.86. The molecule has 3 nitrogen and oxygen atoms in total. The van der Waals surface area contributed by atoms with Crippen LogP contribution in [0.5, 0.6) is 5.75 Å². The highest BCUT2D eigenvalue weighted by Gasteiger charge is 2.22. The van der Waals surface area contributed by atoms with Crippen molar-refractivity contribution in [1.82, 2.24) is 5.32 Å². The number of aliphatic hydroxyl groups excluding tert-OH is 1. The zero-order chi connectivity index (χ0) is 15.2. The molecule has 0 saturated heterocycles. The number of nitrogens with one attached hydrogen (secondary N) is 1. The van der Waals surface area contributed by atoms with E-state index in [0.29, 0.717) is 6.04 Å². The normalized spacial score (nSPS) is 24.0. The third-order valence-corrected chi connectivity index (χ3v) is 4.05. The average molecular weight is 299 g/mol. The first-order chi connectivity index (χ1) is 10.1. The van der Waals surface area contributed by atoms with Crippen LogP contribution in [0.4, 0.5) is 8.78 Å². The third-order valence-electron chi connectivity index (χ3n) is 4.05. The van der Waals surface area contributed by atoms with E-state index in [4.69, 9.17) is 0 Å². The molecule has 1 atom stereocenters. The molecular formula is C16H23F2NO2. The number of hydrogen-bond donors (Lipinski definition) is 2. The van der Waals surface area contributed by atoms with E-state index in [-0.39, 0.29) is 17.9 Å². The molecular weight excluding hydrogens is 276 g/mol. The van der Waals surface area contributed by atoms with E-state index >= 15 is 0 Å². The molecule has 1 aromatic carbocycles. The molecule has 2 rings (SSSR count). The first-order valence-corrected chi connectivity index (χ1v) is 7.57. The van der Waals surface area contributed by atoms with Crippen LogP contribution in [0.3, 0.4) is 0 Å². The Morgan fingerprint density at radius 1 is 1.19 bits per heavy atom. The van der Waals surface area contributed by atoms with Gasteiger partial charge in [0.2, 0.25) is 0 Å². The topological polar surface area (TPSA) is 41.5 Å². The number of hydrogen-bond acceptors (Lipinski definition) is 3. The molecule has 1 unspecified atom stereocenters. The zero-order valence-electron chi connectivity index (χ0n) is 12.3. The summed E-state index contributed by atoms with van der Waals surface area (Å²) in [7, 11) is 0. The minimum absolute atomic E-state index is 0.158. The highest BCUT2D eigenvalue weighted by molar-refractivity contribution is 5.29. The first-order valence-electron chi connectivity index (χ1n) is 7.57. The van der Waals surface area contributed by atoms with Gasteiger partial charge in [0, 0.05) is 12.1 Å². The van der Waals surface area contributed by atoms with Crippen LogP contribution in [-0.2, 0) is 0 Å². The standard InChI is InChI=1S/C16H23F2NO2/c1-2-15(19-12-5-7-13(20)8-6-12)11-3-9-14(10-4-11)21-16(17)18/h3-4,9-10,12-13,15-16,19-20H,2,5-8H2,1H3. The fraction of sp³-hybridized carbons (Fsp3) is 0.625. The van der Waals surface area contributed by atoms with Crippen molar-refractivity contribution in [2.45, 2.75) is 63.8 Å². The molecule has 0 amide bonds. The van der Waals surface area contributed by atoms with Gasteiger partial charge in [-0.25, -0.2) is 0 Å². The molecule has 1 aliphatic carbocycles. The van der Waals surface area contributed by atoms with Crippen LogP contribution in [0.25, 0.3) is 0 Å². The smallest absolute Gasteiger partial charge is 0.387 e. The van der Waals surface area contributed by atoms with E-state index in [1.807, 2.05) is 12.1 Å². The molecule has 0 aromatic heterocycles. The lowest BCUT2D eigenvalue weighted by Crippen LogP contribution is -2.36. The Bertz CT molecular complexity index is 417. The van der Waals surface area contributed by atoms with Crippen molar-refractivity contribution >= 4 is 0 Å². The van der Waals surface area contributed by atoms with Crippen molar-refractivity contribution in [2.75, 3.05) is 0 Å². The molecule has 0 spiro atoms. The minimum atomic E-state index is -2.79. The predicted octanol–water partition coefficient (Wildman–Crippen LogP) is 3.63. The van der Waals surface area contributed by atoms with Gasteiger partial charge in [0.15, 0.2) is 0 Å². The van der Waals surface area contributed by atoms with Gasteiger partial charge in [-0.3, -0.25) is 0 Å². The van der Waals surface area contributed by atoms with Crippen molar-refractivity contribution in [1.29, 1.82) is 0 Å². The molecule has 1 aliphatic rings. The molecule has 21 heavy (non-hydrogen) atoms. The van der Waals surface area contributed by atoms with Gasteiger partial charge < -0.3 is 15.2 Å². The van der Waals surface area contributed by atoms with Crippen LogP contribution in [0, 0.1) is 0 Å². The summed E-state index contributed by atoms with van der Waals surface area (Å²) in [5, 5.41) is 13.1. The molecule has 2 N–H and O–H groups in total. The largest absolute Gasteiger partial charge is 0.435 e. The van der Waals surface area contributed by atoms with Crippen LogP contribution >= 0.6 is 0 Å². The maximum Gasteiger partial charge on any atom is 0.387 e. The quantitative estimate of drug-likeness (QED) is 0.843. The Kier molecular flexibility index (Phi) is 5.94.